The van der Waals surface area contributed by atoms with Crippen LogP contribution in [0.4, 0.5) is 5.69 Å². The Morgan fingerprint density at radius 2 is 1.81 bits per heavy atom. The summed E-state index contributed by atoms with van der Waals surface area (Å²) in [5.41, 5.74) is 9.09. The highest BCUT2D eigenvalue weighted by Gasteiger charge is 2.05. The highest BCUT2D eigenvalue weighted by molar-refractivity contribution is 7.17. The van der Waals surface area contributed by atoms with Crippen LogP contribution in [0.1, 0.15) is 0 Å². The summed E-state index contributed by atoms with van der Waals surface area (Å²) in [6, 6.07) is 16.5. The molecule has 3 aromatic rings. The number of rotatable bonds is 1. The fourth-order valence-electron chi connectivity index (χ4n) is 1.91. The van der Waals surface area contributed by atoms with Crippen molar-refractivity contribution in [3.63, 3.8) is 0 Å². The van der Waals surface area contributed by atoms with E-state index in [1.54, 1.807) is 11.3 Å². The number of benzene rings is 2. The van der Waals surface area contributed by atoms with Crippen molar-refractivity contribution >= 4 is 27.1 Å². The second kappa shape index (κ2) is 3.65. The SMILES string of the molecule is Nc1cccc(-c2csc3ccccc23)c1. The van der Waals surface area contributed by atoms with E-state index in [2.05, 4.69) is 35.7 Å². The summed E-state index contributed by atoms with van der Waals surface area (Å²) < 4.78 is 1.32. The molecule has 0 fully saturated rings. The van der Waals surface area contributed by atoms with Crippen LogP contribution in [0.15, 0.2) is 53.9 Å². The van der Waals surface area contributed by atoms with Crippen LogP contribution in [0.5, 0.6) is 0 Å². The van der Waals surface area contributed by atoms with Gasteiger partial charge in [-0.25, -0.2) is 0 Å². The van der Waals surface area contributed by atoms with Crippen molar-refractivity contribution in [1.82, 2.24) is 0 Å². The molecule has 0 aliphatic rings. The Kier molecular flexibility index (Phi) is 2.15. The first-order valence-electron chi connectivity index (χ1n) is 5.17. The number of anilines is 1. The molecular formula is C14H11NS. The maximum absolute atomic E-state index is 5.81. The van der Waals surface area contributed by atoms with Crippen molar-refractivity contribution in [3.05, 3.63) is 53.9 Å². The largest absolute Gasteiger partial charge is 0.399 e. The molecule has 2 N–H and O–H groups in total. The second-order valence-corrected chi connectivity index (χ2v) is 4.68. The Balaban J connectivity index is 2.26. The number of fused-ring (bicyclic) bond motifs is 1. The fourth-order valence-corrected chi connectivity index (χ4v) is 2.88. The van der Waals surface area contributed by atoms with Crippen molar-refractivity contribution in [3.8, 4) is 11.1 Å². The number of thiophene rings is 1. The Labute approximate surface area is 98.2 Å². The van der Waals surface area contributed by atoms with Gasteiger partial charge in [-0.15, -0.1) is 11.3 Å². The molecule has 1 aromatic heterocycles. The summed E-state index contributed by atoms with van der Waals surface area (Å²) in [6.45, 7) is 0. The molecule has 0 radical (unpaired) electrons. The van der Waals surface area contributed by atoms with Crippen LogP contribution in [0.3, 0.4) is 0 Å². The Morgan fingerprint density at radius 3 is 2.69 bits per heavy atom. The topological polar surface area (TPSA) is 26.0 Å². The van der Waals surface area contributed by atoms with Gasteiger partial charge in [0, 0.05) is 21.3 Å². The van der Waals surface area contributed by atoms with Crippen LogP contribution in [0.2, 0.25) is 0 Å². The van der Waals surface area contributed by atoms with Crippen LogP contribution in [0, 0.1) is 0 Å². The lowest BCUT2D eigenvalue weighted by molar-refractivity contribution is 1.67. The standard InChI is InChI=1S/C14H11NS/c15-11-5-3-4-10(8-11)13-9-16-14-7-2-1-6-12(13)14/h1-9H,15H2. The molecule has 16 heavy (non-hydrogen) atoms. The third-order valence-corrected chi connectivity index (χ3v) is 3.64. The number of hydrogen-bond acceptors (Lipinski definition) is 2. The normalized spacial score (nSPS) is 10.8. The molecule has 0 saturated carbocycles. The van der Waals surface area contributed by atoms with Crippen LogP contribution >= 0.6 is 11.3 Å². The van der Waals surface area contributed by atoms with E-state index in [0.29, 0.717) is 0 Å². The van der Waals surface area contributed by atoms with E-state index in [-0.39, 0.29) is 0 Å². The van der Waals surface area contributed by atoms with E-state index < -0.39 is 0 Å². The van der Waals surface area contributed by atoms with E-state index in [1.807, 2.05) is 18.2 Å². The molecule has 0 spiro atoms. The highest BCUT2D eigenvalue weighted by atomic mass is 32.1. The summed E-state index contributed by atoms with van der Waals surface area (Å²) in [6.07, 6.45) is 0. The quantitative estimate of drug-likeness (QED) is 0.618. The zero-order valence-electron chi connectivity index (χ0n) is 8.68. The van der Waals surface area contributed by atoms with Gasteiger partial charge in [-0.05, 0) is 29.1 Å². The molecule has 0 bridgehead atoms. The minimum absolute atomic E-state index is 0.813. The first-order valence-corrected chi connectivity index (χ1v) is 6.05. The minimum atomic E-state index is 0.813. The lowest BCUT2D eigenvalue weighted by Crippen LogP contribution is -1.84. The maximum Gasteiger partial charge on any atom is 0.0349 e. The van der Waals surface area contributed by atoms with Gasteiger partial charge in [-0.1, -0.05) is 30.3 Å². The molecule has 1 heterocycles. The zero-order chi connectivity index (χ0) is 11.0. The van der Waals surface area contributed by atoms with Crippen LogP contribution in [0.25, 0.3) is 21.2 Å². The lowest BCUT2D eigenvalue weighted by Gasteiger charge is -2.00. The summed E-state index contributed by atoms with van der Waals surface area (Å²) in [7, 11) is 0. The average Bonchev–Trinajstić information content (AvgIpc) is 2.72. The van der Waals surface area contributed by atoms with E-state index in [9.17, 15) is 0 Å². The van der Waals surface area contributed by atoms with Crippen molar-refractivity contribution in [2.75, 3.05) is 5.73 Å². The molecule has 2 aromatic carbocycles. The Morgan fingerprint density at radius 1 is 0.938 bits per heavy atom. The van der Waals surface area contributed by atoms with Crippen molar-refractivity contribution in [2.45, 2.75) is 0 Å². The van der Waals surface area contributed by atoms with Crippen molar-refractivity contribution in [2.24, 2.45) is 0 Å². The van der Waals surface area contributed by atoms with Crippen molar-refractivity contribution in [1.29, 1.82) is 0 Å². The zero-order valence-corrected chi connectivity index (χ0v) is 9.50. The lowest BCUT2D eigenvalue weighted by atomic mass is 10.0. The van der Waals surface area contributed by atoms with Crippen molar-refractivity contribution < 1.29 is 0 Å². The molecule has 78 valence electrons. The van der Waals surface area contributed by atoms with E-state index in [1.165, 1.54) is 21.2 Å². The first-order chi connectivity index (χ1) is 7.84. The predicted molar refractivity (Wildman–Crippen MR) is 71.7 cm³/mol. The molecule has 2 heteroatoms. The van der Waals surface area contributed by atoms with E-state index in [0.717, 1.165) is 5.69 Å². The number of hydrogen-bond donors (Lipinski definition) is 1. The molecule has 0 aliphatic carbocycles. The van der Waals surface area contributed by atoms with Gasteiger partial charge in [0.25, 0.3) is 0 Å². The van der Waals surface area contributed by atoms with Gasteiger partial charge in [-0.2, -0.15) is 0 Å². The fraction of sp³-hybridized carbons (Fsp3) is 0. The third-order valence-electron chi connectivity index (χ3n) is 2.68. The average molecular weight is 225 g/mol. The molecule has 0 atom stereocenters. The van der Waals surface area contributed by atoms with Crippen LogP contribution < -0.4 is 5.73 Å². The van der Waals surface area contributed by atoms with E-state index in [4.69, 9.17) is 5.73 Å². The molecular weight excluding hydrogens is 214 g/mol. The molecule has 0 aliphatic heterocycles. The van der Waals surface area contributed by atoms with Gasteiger partial charge < -0.3 is 5.73 Å². The summed E-state index contributed by atoms with van der Waals surface area (Å²) >= 11 is 1.77. The Hall–Kier alpha value is -1.80. The second-order valence-electron chi connectivity index (χ2n) is 3.77. The number of nitrogen functional groups attached to an aromatic ring is 1. The van der Waals surface area contributed by atoms with Gasteiger partial charge in [0.2, 0.25) is 0 Å². The van der Waals surface area contributed by atoms with Gasteiger partial charge in [-0.3, -0.25) is 0 Å². The van der Waals surface area contributed by atoms with Gasteiger partial charge in [0.05, 0.1) is 0 Å². The minimum Gasteiger partial charge on any atom is -0.399 e. The van der Waals surface area contributed by atoms with Gasteiger partial charge in [0.15, 0.2) is 0 Å². The van der Waals surface area contributed by atoms with Crippen LogP contribution in [-0.2, 0) is 0 Å². The molecule has 0 amide bonds. The predicted octanol–water partition coefficient (Wildman–Crippen LogP) is 4.15. The molecule has 1 nitrogen and oxygen atoms in total. The molecule has 0 saturated heterocycles. The summed E-state index contributed by atoms with van der Waals surface area (Å²) in [5.74, 6) is 0. The van der Waals surface area contributed by atoms with Gasteiger partial charge >= 0.3 is 0 Å². The van der Waals surface area contributed by atoms with Crippen LogP contribution in [-0.4, -0.2) is 0 Å². The third kappa shape index (κ3) is 1.48. The summed E-state index contributed by atoms with van der Waals surface area (Å²) in [4.78, 5) is 0. The molecule has 3 rings (SSSR count). The highest BCUT2D eigenvalue weighted by Crippen LogP contribution is 2.34. The number of nitrogens with two attached hydrogens (primary N) is 1. The van der Waals surface area contributed by atoms with Gasteiger partial charge in [0.1, 0.15) is 0 Å². The van der Waals surface area contributed by atoms with E-state index >= 15 is 0 Å². The summed E-state index contributed by atoms with van der Waals surface area (Å²) in [5, 5.41) is 3.50. The maximum atomic E-state index is 5.81. The first kappa shape index (κ1) is 9.43. The monoisotopic (exact) mass is 225 g/mol. The smallest absolute Gasteiger partial charge is 0.0349 e. The molecule has 0 unspecified atom stereocenters. The Bertz CT molecular complexity index is 640.